The molecule has 0 unspecified atom stereocenters. The van der Waals surface area contributed by atoms with Gasteiger partial charge in [0.25, 0.3) is 0 Å². The predicted molar refractivity (Wildman–Crippen MR) is 134 cm³/mol. The number of amides is 1. The topological polar surface area (TPSA) is 84.8 Å². The number of ether oxygens (including phenoxy) is 1. The molecule has 4 aromatic rings. The molecule has 1 amide bonds. The SMILES string of the molecule is COc1ccc(-c2n[nH]c(=S)n2CC(=O)Nc2nc(-c3ccc(C(C)(C)C)cc3)cs2)cc1. The molecule has 0 atom stereocenters. The van der Waals surface area contributed by atoms with Gasteiger partial charge >= 0.3 is 0 Å². The maximum Gasteiger partial charge on any atom is 0.246 e. The Morgan fingerprint density at radius 1 is 1.12 bits per heavy atom. The lowest BCUT2D eigenvalue weighted by molar-refractivity contribution is -0.116. The number of aromatic nitrogens is 4. The summed E-state index contributed by atoms with van der Waals surface area (Å²) >= 11 is 6.72. The highest BCUT2D eigenvalue weighted by Gasteiger charge is 2.16. The van der Waals surface area contributed by atoms with Crippen LogP contribution in [0.25, 0.3) is 22.6 Å². The Kier molecular flexibility index (Phi) is 6.44. The fourth-order valence-electron chi connectivity index (χ4n) is 3.33. The largest absolute Gasteiger partial charge is 0.497 e. The van der Waals surface area contributed by atoms with Gasteiger partial charge in [0, 0.05) is 16.5 Å². The van der Waals surface area contributed by atoms with Crippen molar-refractivity contribution < 1.29 is 9.53 Å². The smallest absolute Gasteiger partial charge is 0.246 e. The molecule has 0 saturated carbocycles. The number of nitrogens with zero attached hydrogens (tertiary/aromatic N) is 3. The number of H-pyrrole nitrogens is 1. The third-order valence-electron chi connectivity index (χ3n) is 5.21. The summed E-state index contributed by atoms with van der Waals surface area (Å²) in [5.74, 6) is 1.09. The first-order valence-electron chi connectivity index (χ1n) is 10.4. The first-order chi connectivity index (χ1) is 15.7. The Morgan fingerprint density at radius 2 is 1.79 bits per heavy atom. The summed E-state index contributed by atoms with van der Waals surface area (Å²) in [6.07, 6.45) is 0. The molecule has 2 heterocycles. The molecule has 0 aliphatic rings. The number of carbonyl (C=O) groups excluding carboxylic acids is 1. The number of hydrogen-bond acceptors (Lipinski definition) is 6. The van der Waals surface area contributed by atoms with Crippen molar-refractivity contribution in [2.75, 3.05) is 12.4 Å². The Morgan fingerprint density at radius 3 is 2.42 bits per heavy atom. The summed E-state index contributed by atoms with van der Waals surface area (Å²) < 4.78 is 7.23. The maximum absolute atomic E-state index is 12.7. The molecule has 0 radical (unpaired) electrons. The summed E-state index contributed by atoms with van der Waals surface area (Å²) in [7, 11) is 1.61. The van der Waals surface area contributed by atoms with E-state index in [9.17, 15) is 4.79 Å². The molecule has 0 aliphatic heterocycles. The van der Waals surface area contributed by atoms with Crippen LogP contribution in [-0.4, -0.2) is 32.8 Å². The number of thiazole rings is 1. The molecule has 2 N–H and O–H groups in total. The molecule has 2 aromatic carbocycles. The molecule has 0 fully saturated rings. The van der Waals surface area contributed by atoms with E-state index < -0.39 is 0 Å². The van der Waals surface area contributed by atoms with Crippen LogP contribution in [0, 0.1) is 4.77 Å². The monoisotopic (exact) mass is 479 g/mol. The molecule has 4 rings (SSSR count). The Hall–Kier alpha value is -3.30. The number of hydrogen-bond donors (Lipinski definition) is 2. The summed E-state index contributed by atoms with van der Waals surface area (Å²) in [6, 6.07) is 15.8. The van der Waals surface area contributed by atoms with Crippen LogP contribution in [0.3, 0.4) is 0 Å². The van der Waals surface area contributed by atoms with E-state index in [0.717, 1.165) is 22.6 Å². The van der Waals surface area contributed by atoms with Gasteiger partial charge in [0.15, 0.2) is 15.7 Å². The molecule has 2 aromatic heterocycles. The Labute approximate surface area is 201 Å². The van der Waals surface area contributed by atoms with E-state index in [2.05, 4.69) is 65.5 Å². The van der Waals surface area contributed by atoms with E-state index in [1.165, 1.54) is 16.9 Å². The molecule has 9 heteroatoms. The van der Waals surface area contributed by atoms with Crippen LogP contribution in [0.4, 0.5) is 5.13 Å². The number of anilines is 1. The molecule has 0 bridgehead atoms. The second-order valence-electron chi connectivity index (χ2n) is 8.58. The van der Waals surface area contributed by atoms with Gasteiger partial charge in [-0.25, -0.2) is 4.98 Å². The van der Waals surface area contributed by atoms with Gasteiger partial charge in [-0.2, -0.15) is 5.10 Å². The van der Waals surface area contributed by atoms with Crippen molar-refractivity contribution in [2.45, 2.75) is 32.7 Å². The molecule has 0 saturated heterocycles. The van der Waals surface area contributed by atoms with E-state index in [4.69, 9.17) is 17.0 Å². The van der Waals surface area contributed by atoms with Crippen LogP contribution in [0.1, 0.15) is 26.3 Å². The number of nitrogens with one attached hydrogen (secondary N) is 2. The minimum atomic E-state index is -0.230. The van der Waals surface area contributed by atoms with Crippen LogP contribution >= 0.6 is 23.6 Å². The van der Waals surface area contributed by atoms with Crippen molar-refractivity contribution in [1.82, 2.24) is 19.7 Å². The van der Waals surface area contributed by atoms with Gasteiger partial charge < -0.3 is 10.1 Å². The van der Waals surface area contributed by atoms with Crippen molar-refractivity contribution in [3.63, 3.8) is 0 Å². The van der Waals surface area contributed by atoms with Crippen molar-refractivity contribution in [2.24, 2.45) is 0 Å². The van der Waals surface area contributed by atoms with Crippen molar-refractivity contribution >= 4 is 34.6 Å². The summed E-state index contributed by atoms with van der Waals surface area (Å²) in [4.78, 5) is 17.3. The number of carbonyl (C=O) groups is 1. The van der Waals surface area contributed by atoms with E-state index in [0.29, 0.717) is 15.7 Å². The van der Waals surface area contributed by atoms with E-state index >= 15 is 0 Å². The third-order valence-corrected chi connectivity index (χ3v) is 6.27. The van der Waals surface area contributed by atoms with Gasteiger partial charge in [0.1, 0.15) is 12.3 Å². The highest BCUT2D eigenvalue weighted by Crippen LogP contribution is 2.28. The molecule has 33 heavy (non-hydrogen) atoms. The highest BCUT2D eigenvalue weighted by atomic mass is 32.1. The molecule has 0 spiro atoms. The lowest BCUT2D eigenvalue weighted by atomic mass is 9.86. The van der Waals surface area contributed by atoms with Crippen LogP contribution in [0.15, 0.2) is 53.9 Å². The zero-order valence-electron chi connectivity index (χ0n) is 18.9. The summed E-state index contributed by atoms with van der Waals surface area (Å²) in [6.45, 7) is 6.58. The van der Waals surface area contributed by atoms with E-state index in [1.54, 1.807) is 11.7 Å². The van der Waals surface area contributed by atoms with Gasteiger partial charge in [-0.15, -0.1) is 11.3 Å². The first kappa shape index (κ1) is 22.9. The summed E-state index contributed by atoms with van der Waals surface area (Å²) in [5, 5.41) is 12.4. The molecule has 7 nitrogen and oxygen atoms in total. The number of benzene rings is 2. The first-order valence-corrected chi connectivity index (χ1v) is 11.7. The summed E-state index contributed by atoms with van der Waals surface area (Å²) in [5.41, 5.74) is 4.03. The Bertz CT molecular complexity index is 1310. The molecular formula is C24H25N5O2S2. The normalized spacial score (nSPS) is 11.4. The molecular weight excluding hydrogens is 454 g/mol. The van der Waals surface area contributed by atoms with Crippen LogP contribution in [-0.2, 0) is 16.8 Å². The van der Waals surface area contributed by atoms with Crippen LogP contribution < -0.4 is 10.1 Å². The average Bonchev–Trinajstić information content (AvgIpc) is 3.40. The maximum atomic E-state index is 12.7. The quantitative estimate of drug-likeness (QED) is 0.348. The minimum Gasteiger partial charge on any atom is -0.497 e. The number of aromatic amines is 1. The van der Waals surface area contributed by atoms with E-state index in [1.807, 2.05) is 29.6 Å². The zero-order valence-corrected chi connectivity index (χ0v) is 20.5. The third kappa shape index (κ3) is 5.20. The van der Waals surface area contributed by atoms with Gasteiger partial charge in [0.2, 0.25) is 5.91 Å². The van der Waals surface area contributed by atoms with Gasteiger partial charge in [-0.05, 0) is 47.5 Å². The van der Waals surface area contributed by atoms with Crippen LogP contribution in [0.2, 0.25) is 0 Å². The Balaban J connectivity index is 1.47. The lowest BCUT2D eigenvalue weighted by Gasteiger charge is -2.18. The lowest BCUT2D eigenvalue weighted by Crippen LogP contribution is -2.19. The van der Waals surface area contributed by atoms with Crippen LogP contribution in [0.5, 0.6) is 5.75 Å². The predicted octanol–water partition coefficient (Wildman–Crippen LogP) is 5.68. The number of methoxy groups -OCH3 is 1. The fourth-order valence-corrected chi connectivity index (χ4v) is 4.26. The second kappa shape index (κ2) is 9.29. The standard InChI is InChI=1S/C24H25N5O2S2/c1-24(2,3)17-9-5-15(6-10-17)19-14-33-22(25-19)26-20(30)13-29-21(27-28-23(29)32)16-7-11-18(31-4)12-8-16/h5-12,14H,13H2,1-4H3,(H,28,32)(H,25,26,30). The van der Waals surface area contributed by atoms with Crippen molar-refractivity contribution in [1.29, 1.82) is 0 Å². The van der Waals surface area contributed by atoms with Crippen molar-refractivity contribution in [3.05, 3.63) is 64.2 Å². The molecule has 0 aliphatic carbocycles. The average molecular weight is 480 g/mol. The fraction of sp³-hybridized carbons (Fsp3) is 0.250. The zero-order chi connectivity index (χ0) is 23.6. The van der Waals surface area contributed by atoms with E-state index in [-0.39, 0.29) is 17.9 Å². The highest BCUT2D eigenvalue weighted by molar-refractivity contribution is 7.71. The van der Waals surface area contributed by atoms with Gasteiger partial charge in [0.05, 0.1) is 12.8 Å². The van der Waals surface area contributed by atoms with Gasteiger partial charge in [-0.1, -0.05) is 45.0 Å². The van der Waals surface area contributed by atoms with Crippen molar-refractivity contribution in [3.8, 4) is 28.4 Å². The minimum absolute atomic E-state index is 0.0197. The number of rotatable bonds is 6. The van der Waals surface area contributed by atoms with Gasteiger partial charge in [-0.3, -0.25) is 14.5 Å². The molecule has 170 valence electrons. The second-order valence-corrected chi connectivity index (χ2v) is 9.83.